The van der Waals surface area contributed by atoms with Gasteiger partial charge in [0.15, 0.2) is 0 Å². The molecule has 2 aliphatic rings. The first-order valence-electron chi connectivity index (χ1n) is 6.57. The van der Waals surface area contributed by atoms with E-state index in [1.54, 1.807) is 0 Å². The van der Waals surface area contributed by atoms with Crippen molar-refractivity contribution in [1.29, 1.82) is 0 Å². The second-order valence-corrected chi connectivity index (χ2v) is 6.07. The van der Waals surface area contributed by atoms with E-state index in [-0.39, 0.29) is 29.1 Å². The number of hydrogen-bond donors (Lipinski definition) is 1. The fourth-order valence-electron chi connectivity index (χ4n) is 3.35. The molecular formula is C15H18N2O2. The minimum atomic E-state index is -0.169. The molecule has 2 fully saturated rings. The van der Waals surface area contributed by atoms with Gasteiger partial charge in [0.2, 0.25) is 11.8 Å². The van der Waals surface area contributed by atoms with Crippen LogP contribution >= 0.6 is 0 Å². The van der Waals surface area contributed by atoms with Crippen molar-refractivity contribution < 1.29 is 9.59 Å². The zero-order valence-corrected chi connectivity index (χ0v) is 11.4. The van der Waals surface area contributed by atoms with E-state index in [4.69, 9.17) is 5.73 Å². The van der Waals surface area contributed by atoms with Gasteiger partial charge in [-0.1, -0.05) is 26.0 Å². The van der Waals surface area contributed by atoms with Crippen molar-refractivity contribution in [2.24, 2.45) is 23.0 Å². The number of carbonyl (C=O) groups is 2. The quantitative estimate of drug-likeness (QED) is 0.819. The van der Waals surface area contributed by atoms with Gasteiger partial charge in [0.25, 0.3) is 0 Å². The van der Waals surface area contributed by atoms with Gasteiger partial charge in [0, 0.05) is 6.54 Å². The third-order valence-corrected chi connectivity index (χ3v) is 4.63. The highest BCUT2D eigenvalue weighted by Crippen LogP contribution is 2.63. The molecule has 1 aliphatic carbocycles. The van der Waals surface area contributed by atoms with Gasteiger partial charge >= 0.3 is 0 Å². The van der Waals surface area contributed by atoms with Gasteiger partial charge in [-0.25, -0.2) is 4.90 Å². The van der Waals surface area contributed by atoms with Crippen molar-refractivity contribution in [3.63, 3.8) is 0 Å². The average molecular weight is 258 g/mol. The van der Waals surface area contributed by atoms with Crippen LogP contribution in [0.25, 0.3) is 0 Å². The van der Waals surface area contributed by atoms with Crippen LogP contribution in [0.2, 0.25) is 0 Å². The van der Waals surface area contributed by atoms with Gasteiger partial charge in [0.05, 0.1) is 17.5 Å². The number of imide groups is 1. The lowest BCUT2D eigenvalue weighted by Gasteiger charge is -2.23. The van der Waals surface area contributed by atoms with Crippen molar-refractivity contribution in [3.05, 3.63) is 29.3 Å². The highest BCUT2D eigenvalue weighted by atomic mass is 16.2. The predicted molar refractivity (Wildman–Crippen MR) is 72.3 cm³/mol. The Morgan fingerprint density at radius 1 is 1.21 bits per heavy atom. The smallest absolute Gasteiger partial charge is 0.238 e. The minimum absolute atomic E-state index is 0.0692. The molecule has 4 nitrogen and oxygen atoms in total. The molecule has 19 heavy (non-hydrogen) atoms. The first-order chi connectivity index (χ1) is 8.91. The van der Waals surface area contributed by atoms with E-state index in [0.717, 1.165) is 11.1 Å². The van der Waals surface area contributed by atoms with Gasteiger partial charge in [-0.3, -0.25) is 9.59 Å². The number of benzene rings is 1. The molecule has 3 rings (SSSR count). The summed E-state index contributed by atoms with van der Waals surface area (Å²) in [5.41, 5.74) is 8.15. The number of rotatable bonds is 2. The van der Waals surface area contributed by atoms with Crippen LogP contribution in [0.15, 0.2) is 18.2 Å². The highest BCUT2D eigenvalue weighted by molar-refractivity contribution is 6.26. The molecule has 4 heteroatoms. The first kappa shape index (κ1) is 12.4. The summed E-state index contributed by atoms with van der Waals surface area (Å²) < 4.78 is 0. The largest absolute Gasteiger partial charge is 0.326 e. The summed E-state index contributed by atoms with van der Waals surface area (Å²) in [6, 6.07) is 5.61. The predicted octanol–water partition coefficient (Wildman–Crippen LogP) is 1.60. The molecule has 0 radical (unpaired) electrons. The highest BCUT2D eigenvalue weighted by Gasteiger charge is 2.72. The zero-order chi connectivity index (χ0) is 13.9. The molecule has 2 N–H and O–H groups in total. The fourth-order valence-corrected chi connectivity index (χ4v) is 3.35. The van der Waals surface area contributed by atoms with E-state index >= 15 is 0 Å². The number of piperidine rings is 1. The van der Waals surface area contributed by atoms with Gasteiger partial charge in [-0.05, 0) is 29.5 Å². The summed E-state index contributed by atoms with van der Waals surface area (Å²) in [6.07, 6.45) is 0. The fraction of sp³-hybridized carbons (Fsp3) is 0.467. The second-order valence-electron chi connectivity index (χ2n) is 6.07. The van der Waals surface area contributed by atoms with E-state index in [1.807, 2.05) is 39.0 Å². The summed E-state index contributed by atoms with van der Waals surface area (Å²) in [5, 5.41) is 0. The summed E-state index contributed by atoms with van der Waals surface area (Å²) >= 11 is 0. The van der Waals surface area contributed by atoms with Crippen LogP contribution in [0.4, 0.5) is 5.69 Å². The van der Waals surface area contributed by atoms with Crippen molar-refractivity contribution in [1.82, 2.24) is 0 Å². The third-order valence-electron chi connectivity index (χ3n) is 4.63. The number of anilines is 1. The molecule has 0 spiro atoms. The minimum Gasteiger partial charge on any atom is -0.326 e. The van der Waals surface area contributed by atoms with Crippen LogP contribution in [0.5, 0.6) is 0 Å². The van der Waals surface area contributed by atoms with E-state index in [1.165, 1.54) is 4.90 Å². The maximum atomic E-state index is 12.4. The molecule has 100 valence electrons. The number of nitrogens with zero attached hydrogens (tertiary/aromatic N) is 1. The Hall–Kier alpha value is -1.68. The molecule has 1 saturated carbocycles. The summed E-state index contributed by atoms with van der Waals surface area (Å²) in [4.78, 5) is 26.2. The number of amides is 2. The van der Waals surface area contributed by atoms with E-state index in [9.17, 15) is 9.59 Å². The first-order valence-corrected chi connectivity index (χ1v) is 6.57. The van der Waals surface area contributed by atoms with Crippen LogP contribution in [0.3, 0.4) is 0 Å². The molecule has 1 aliphatic heterocycles. The molecule has 1 aromatic rings. The summed E-state index contributed by atoms with van der Waals surface area (Å²) in [7, 11) is 0. The second kappa shape index (κ2) is 3.67. The molecule has 2 amide bonds. The van der Waals surface area contributed by atoms with E-state index in [2.05, 4.69) is 0 Å². The number of aryl methyl sites for hydroxylation is 1. The van der Waals surface area contributed by atoms with Gasteiger partial charge in [-0.2, -0.15) is 0 Å². The summed E-state index contributed by atoms with van der Waals surface area (Å²) in [6.45, 7) is 6.24. The molecule has 1 heterocycles. The lowest BCUT2D eigenvalue weighted by Crippen LogP contribution is -2.37. The normalized spacial score (nSPS) is 27.7. The van der Waals surface area contributed by atoms with Gasteiger partial charge in [-0.15, -0.1) is 0 Å². The van der Waals surface area contributed by atoms with Crippen LogP contribution in [0.1, 0.15) is 25.0 Å². The Bertz CT molecular complexity index is 568. The Balaban J connectivity index is 2.04. The van der Waals surface area contributed by atoms with Crippen molar-refractivity contribution >= 4 is 17.5 Å². The Morgan fingerprint density at radius 2 is 1.79 bits per heavy atom. The Morgan fingerprint density at radius 3 is 2.32 bits per heavy atom. The zero-order valence-electron chi connectivity index (χ0n) is 11.4. The van der Waals surface area contributed by atoms with Crippen LogP contribution in [-0.4, -0.2) is 11.8 Å². The molecule has 1 aromatic carbocycles. The number of hydrogen-bond acceptors (Lipinski definition) is 3. The van der Waals surface area contributed by atoms with E-state index < -0.39 is 0 Å². The lowest BCUT2D eigenvalue weighted by molar-refractivity contribution is -0.125. The molecule has 2 atom stereocenters. The molecule has 0 aromatic heterocycles. The molecule has 1 saturated heterocycles. The van der Waals surface area contributed by atoms with Crippen molar-refractivity contribution in [2.45, 2.75) is 27.3 Å². The molecular weight excluding hydrogens is 240 g/mol. The topological polar surface area (TPSA) is 63.4 Å². The third kappa shape index (κ3) is 1.43. The van der Waals surface area contributed by atoms with E-state index in [0.29, 0.717) is 12.2 Å². The molecule has 2 unspecified atom stereocenters. The average Bonchev–Trinajstić information content (AvgIpc) is 2.80. The van der Waals surface area contributed by atoms with Crippen molar-refractivity contribution in [3.8, 4) is 0 Å². The van der Waals surface area contributed by atoms with Crippen LogP contribution in [0, 0.1) is 24.2 Å². The monoisotopic (exact) mass is 258 g/mol. The number of carbonyl (C=O) groups excluding carboxylic acids is 2. The number of nitrogens with two attached hydrogens (primary N) is 1. The van der Waals surface area contributed by atoms with Crippen LogP contribution in [-0.2, 0) is 16.1 Å². The number of fused-ring (bicyclic) bond motifs is 1. The van der Waals surface area contributed by atoms with Crippen LogP contribution < -0.4 is 10.6 Å². The summed E-state index contributed by atoms with van der Waals surface area (Å²) in [5.74, 6) is -0.433. The standard InChI is InChI=1S/C15H18N2O2/c1-8-5-4-6-10(9(8)7-16)17-13(18)11-12(14(17)19)15(11,2)3/h4-6,11-12H,7,16H2,1-3H3. The maximum Gasteiger partial charge on any atom is 0.238 e. The van der Waals surface area contributed by atoms with Crippen molar-refractivity contribution in [2.75, 3.05) is 4.90 Å². The Kier molecular flexibility index (Phi) is 2.39. The van der Waals surface area contributed by atoms with Gasteiger partial charge < -0.3 is 5.73 Å². The van der Waals surface area contributed by atoms with Gasteiger partial charge in [0.1, 0.15) is 0 Å². The maximum absolute atomic E-state index is 12.4. The lowest BCUT2D eigenvalue weighted by atomic mass is 10.0. The Labute approximate surface area is 112 Å². The molecule has 0 bridgehead atoms. The SMILES string of the molecule is Cc1cccc(N2C(=O)C3C(C2=O)C3(C)C)c1CN.